The molecule has 0 saturated heterocycles. The number of aliphatic carboxylic acids is 1. The Labute approximate surface area is 193 Å². The highest BCUT2D eigenvalue weighted by atomic mass is 19.4. The third-order valence-corrected chi connectivity index (χ3v) is 5.93. The van der Waals surface area contributed by atoms with Crippen LogP contribution >= 0.6 is 0 Å². The largest absolute Gasteiger partial charge is 0.480 e. The van der Waals surface area contributed by atoms with Crippen LogP contribution in [0.5, 0.6) is 0 Å². The van der Waals surface area contributed by atoms with Gasteiger partial charge in [-0.05, 0) is 33.9 Å². The van der Waals surface area contributed by atoms with Crippen molar-refractivity contribution in [1.82, 2.24) is 9.88 Å². The van der Waals surface area contributed by atoms with Crippen LogP contribution < -0.4 is 0 Å². The highest BCUT2D eigenvalue weighted by Gasteiger charge is 2.34. The first-order chi connectivity index (χ1) is 16.2. The summed E-state index contributed by atoms with van der Waals surface area (Å²) in [6.07, 6.45) is -4.03. The van der Waals surface area contributed by atoms with Crippen LogP contribution in [0.25, 0.3) is 11.1 Å². The van der Waals surface area contributed by atoms with Crippen LogP contribution in [0.2, 0.25) is 0 Å². The molecule has 2 aromatic carbocycles. The van der Waals surface area contributed by atoms with Crippen LogP contribution in [0.4, 0.5) is 18.0 Å². The lowest BCUT2D eigenvalue weighted by Crippen LogP contribution is -2.44. The van der Waals surface area contributed by atoms with Gasteiger partial charge in [0, 0.05) is 31.8 Å². The van der Waals surface area contributed by atoms with Crippen molar-refractivity contribution in [1.29, 1.82) is 0 Å². The fourth-order valence-electron chi connectivity index (χ4n) is 4.19. The summed E-state index contributed by atoms with van der Waals surface area (Å²) in [6, 6.07) is 14.9. The van der Waals surface area contributed by atoms with E-state index in [1.54, 1.807) is 0 Å². The molecule has 6 nitrogen and oxygen atoms in total. The van der Waals surface area contributed by atoms with Gasteiger partial charge in [0.2, 0.25) is 0 Å². The second-order valence-corrected chi connectivity index (χ2v) is 8.05. The molecular weight excluding hydrogens is 449 g/mol. The van der Waals surface area contributed by atoms with Gasteiger partial charge in [-0.2, -0.15) is 13.2 Å². The highest BCUT2D eigenvalue weighted by molar-refractivity contribution is 5.81. The molecule has 1 aliphatic carbocycles. The summed E-state index contributed by atoms with van der Waals surface area (Å²) in [7, 11) is 1.25. The standard InChI is InChI=1S/C25H21F3N2O4/c1-30(22(23(31)32)11-15-10-16(13-29-12-15)25(26,27)28)24(33)34-14-21-19-8-4-2-6-17(19)18-7-3-5-9-20(18)21/h2-10,12-13,21-22H,11,14H2,1H3,(H,31,32). The number of ether oxygens (including phenoxy) is 1. The quantitative estimate of drug-likeness (QED) is 0.550. The van der Waals surface area contributed by atoms with Crippen molar-refractivity contribution < 1.29 is 32.6 Å². The maximum Gasteiger partial charge on any atom is 0.417 e. The molecule has 176 valence electrons. The molecule has 0 radical (unpaired) electrons. The van der Waals surface area contributed by atoms with Gasteiger partial charge < -0.3 is 9.84 Å². The van der Waals surface area contributed by atoms with Gasteiger partial charge in [0.15, 0.2) is 0 Å². The Kier molecular flexibility index (Phi) is 6.28. The van der Waals surface area contributed by atoms with E-state index in [0.717, 1.165) is 39.4 Å². The molecule has 1 heterocycles. The Balaban J connectivity index is 1.48. The summed E-state index contributed by atoms with van der Waals surface area (Å²) in [5.41, 5.74) is 3.16. The van der Waals surface area contributed by atoms with E-state index in [1.807, 2.05) is 48.5 Å². The van der Waals surface area contributed by atoms with Crippen LogP contribution in [0.3, 0.4) is 0 Å². The number of benzene rings is 2. The lowest BCUT2D eigenvalue weighted by Gasteiger charge is -2.25. The number of carbonyl (C=O) groups excluding carboxylic acids is 1. The number of likely N-dealkylation sites (N-methyl/N-ethyl adjacent to an activating group) is 1. The van der Waals surface area contributed by atoms with E-state index in [0.29, 0.717) is 6.20 Å². The predicted octanol–water partition coefficient (Wildman–Crippen LogP) is 4.98. The Morgan fingerprint density at radius 1 is 1.06 bits per heavy atom. The summed E-state index contributed by atoms with van der Waals surface area (Å²) < 4.78 is 44.4. The molecule has 1 amide bonds. The zero-order valence-corrected chi connectivity index (χ0v) is 18.1. The molecule has 0 bridgehead atoms. The number of aromatic nitrogens is 1. The van der Waals surface area contributed by atoms with Crippen molar-refractivity contribution in [2.75, 3.05) is 13.7 Å². The molecule has 1 aromatic heterocycles. The summed E-state index contributed by atoms with van der Waals surface area (Å²) in [5, 5.41) is 9.63. The fraction of sp³-hybridized carbons (Fsp3) is 0.240. The predicted molar refractivity (Wildman–Crippen MR) is 117 cm³/mol. The first kappa shape index (κ1) is 23.3. The number of amides is 1. The van der Waals surface area contributed by atoms with Crippen LogP contribution in [0.1, 0.15) is 28.2 Å². The van der Waals surface area contributed by atoms with Crippen molar-refractivity contribution in [2.24, 2.45) is 0 Å². The van der Waals surface area contributed by atoms with Crippen LogP contribution in [0, 0.1) is 0 Å². The molecule has 0 fully saturated rings. The highest BCUT2D eigenvalue weighted by Crippen LogP contribution is 2.44. The Morgan fingerprint density at radius 3 is 2.21 bits per heavy atom. The number of alkyl halides is 3. The topological polar surface area (TPSA) is 79.7 Å². The average Bonchev–Trinajstić information content (AvgIpc) is 3.14. The van der Waals surface area contributed by atoms with Gasteiger partial charge in [0.05, 0.1) is 5.56 Å². The van der Waals surface area contributed by atoms with Crippen LogP contribution in [0.15, 0.2) is 67.0 Å². The number of halogens is 3. The zero-order valence-electron chi connectivity index (χ0n) is 18.1. The molecule has 0 saturated carbocycles. The fourth-order valence-corrected chi connectivity index (χ4v) is 4.19. The number of fused-ring (bicyclic) bond motifs is 3. The molecule has 1 unspecified atom stereocenters. The molecule has 9 heteroatoms. The Hall–Kier alpha value is -3.88. The van der Waals surface area contributed by atoms with E-state index in [9.17, 15) is 27.9 Å². The lowest BCUT2D eigenvalue weighted by molar-refractivity contribution is -0.142. The molecule has 1 aliphatic rings. The van der Waals surface area contributed by atoms with Crippen molar-refractivity contribution in [2.45, 2.75) is 24.6 Å². The minimum atomic E-state index is -4.61. The minimum Gasteiger partial charge on any atom is -0.480 e. The summed E-state index contributed by atoms with van der Waals surface area (Å²) in [5.74, 6) is -1.57. The maximum absolute atomic E-state index is 13.0. The van der Waals surface area contributed by atoms with E-state index < -0.39 is 29.8 Å². The van der Waals surface area contributed by atoms with Gasteiger partial charge >= 0.3 is 18.2 Å². The molecule has 1 N–H and O–H groups in total. The molecule has 3 aromatic rings. The van der Waals surface area contributed by atoms with E-state index in [4.69, 9.17) is 4.74 Å². The van der Waals surface area contributed by atoms with Crippen molar-refractivity contribution in [3.05, 3.63) is 89.2 Å². The van der Waals surface area contributed by atoms with E-state index in [1.165, 1.54) is 7.05 Å². The first-order valence-electron chi connectivity index (χ1n) is 10.5. The van der Waals surface area contributed by atoms with Gasteiger partial charge in [-0.1, -0.05) is 48.5 Å². The summed E-state index contributed by atoms with van der Waals surface area (Å²) in [6.45, 7) is -0.00530. The van der Waals surface area contributed by atoms with Gasteiger partial charge in [-0.3, -0.25) is 9.88 Å². The lowest BCUT2D eigenvalue weighted by atomic mass is 9.98. The van der Waals surface area contributed by atoms with Crippen molar-refractivity contribution in [3.63, 3.8) is 0 Å². The minimum absolute atomic E-state index is 0.00530. The maximum atomic E-state index is 13.0. The van der Waals surface area contributed by atoms with Gasteiger partial charge in [-0.15, -0.1) is 0 Å². The number of nitrogens with zero attached hydrogens (tertiary/aromatic N) is 2. The number of rotatable bonds is 6. The third kappa shape index (κ3) is 4.59. The molecule has 0 spiro atoms. The van der Waals surface area contributed by atoms with E-state index in [2.05, 4.69) is 4.98 Å². The van der Waals surface area contributed by atoms with Crippen LogP contribution in [-0.4, -0.2) is 46.7 Å². The summed E-state index contributed by atoms with van der Waals surface area (Å²) >= 11 is 0. The second-order valence-electron chi connectivity index (χ2n) is 8.05. The van der Waals surface area contributed by atoms with Gasteiger partial charge in [0.25, 0.3) is 0 Å². The SMILES string of the molecule is CN(C(=O)OCC1c2ccccc2-c2ccccc21)C(Cc1cncc(C(F)(F)F)c1)C(=O)O. The smallest absolute Gasteiger partial charge is 0.417 e. The Morgan fingerprint density at radius 2 is 1.65 bits per heavy atom. The monoisotopic (exact) mass is 470 g/mol. The number of carboxylic acid groups (broad SMARTS) is 1. The number of pyridine rings is 1. The molecule has 34 heavy (non-hydrogen) atoms. The van der Waals surface area contributed by atoms with Gasteiger partial charge in [-0.25, -0.2) is 9.59 Å². The average molecular weight is 470 g/mol. The molecule has 1 atom stereocenters. The second kappa shape index (κ2) is 9.17. The molecule has 0 aliphatic heterocycles. The van der Waals surface area contributed by atoms with Crippen LogP contribution in [-0.2, 0) is 22.1 Å². The van der Waals surface area contributed by atoms with Gasteiger partial charge in [0.1, 0.15) is 12.6 Å². The normalized spacial score (nSPS) is 13.6. The van der Waals surface area contributed by atoms with Crippen molar-refractivity contribution in [3.8, 4) is 11.1 Å². The zero-order chi connectivity index (χ0) is 24.5. The number of hydrogen-bond donors (Lipinski definition) is 1. The third-order valence-electron chi connectivity index (χ3n) is 5.93. The first-order valence-corrected chi connectivity index (χ1v) is 10.5. The molecular formula is C25H21F3N2O4. The number of carbonyl (C=O) groups is 2. The molecule has 4 rings (SSSR count). The van der Waals surface area contributed by atoms with E-state index in [-0.39, 0.29) is 24.5 Å². The number of carboxylic acids is 1. The number of hydrogen-bond acceptors (Lipinski definition) is 4. The summed E-state index contributed by atoms with van der Waals surface area (Å²) in [4.78, 5) is 29.0. The van der Waals surface area contributed by atoms with Crippen molar-refractivity contribution >= 4 is 12.1 Å². The Bertz CT molecular complexity index is 1180. The van der Waals surface area contributed by atoms with E-state index >= 15 is 0 Å².